The first kappa shape index (κ1) is 12.4. The van der Waals surface area contributed by atoms with Gasteiger partial charge in [-0.2, -0.15) is 0 Å². The number of amides is 3. The normalized spacial score (nSPS) is 23.2. The summed E-state index contributed by atoms with van der Waals surface area (Å²) in [6, 6.07) is -0.201. The molecule has 0 bridgehead atoms. The third-order valence-corrected chi connectivity index (χ3v) is 3.69. The van der Waals surface area contributed by atoms with Crippen molar-refractivity contribution in [1.29, 1.82) is 0 Å². The van der Waals surface area contributed by atoms with Crippen LogP contribution in [0.15, 0.2) is 0 Å². The topological polar surface area (TPSA) is 61.4 Å². The smallest absolute Gasteiger partial charge is 0.323 e. The van der Waals surface area contributed by atoms with Gasteiger partial charge in [-0.3, -0.25) is 9.69 Å². The number of hydrogen-bond acceptors (Lipinski definition) is 3. The van der Waals surface area contributed by atoms with Crippen LogP contribution in [0.1, 0.15) is 39.0 Å². The number of hydrogen-bond donors (Lipinski definition) is 2. The molecule has 96 valence electrons. The second kappa shape index (κ2) is 5.04. The van der Waals surface area contributed by atoms with Gasteiger partial charge >= 0.3 is 6.03 Å². The van der Waals surface area contributed by atoms with Crippen LogP contribution < -0.4 is 10.6 Å². The van der Waals surface area contributed by atoms with Gasteiger partial charge in [-0.05, 0) is 32.4 Å². The quantitative estimate of drug-likeness (QED) is 0.565. The summed E-state index contributed by atoms with van der Waals surface area (Å²) in [5, 5.41) is 6.11. The Hall–Kier alpha value is -1.10. The van der Waals surface area contributed by atoms with E-state index < -0.39 is 5.54 Å². The predicted molar refractivity (Wildman–Crippen MR) is 64.6 cm³/mol. The molecule has 2 N–H and O–H groups in total. The van der Waals surface area contributed by atoms with Crippen molar-refractivity contribution in [2.75, 3.05) is 19.6 Å². The van der Waals surface area contributed by atoms with Crippen molar-refractivity contribution in [3.63, 3.8) is 0 Å². The number of piperidine rings is 1. The Morgan fingerprint density at radius 1 is 1.24 bits per heavy atom. The van der Waals surface area contributed by atoms with Gasteiger partial charge in [-0.25, -0.2) is 4.79 Å². The Balaban J connectivity index is 2.00. The van der Waals surface area contributed by atoms with E-state index in [9.17, 15) is 9.59 Å². The maximum Gasteiger partial charge on any atom is 0.325 e. The zero-order chi connectivity index (χ0) is 12.3. The van der Waals surface area contributed by atoms with Gasteiger partial charge in [0.1, 0.15) is 5.54 Å². The van der Waals surface area contributed by atoms with E-state index in [1.54, 1.807) is 0 Å². The lowest BCUT2D eigenvalue weighted by Gasteiger charge is -2.31. The van der Waals surface area contributed by atoms with Crippen LogP contribution in [0.3, 0.4) is 0 Å². The first-order valence-corrected chi connectivity index (χ1v) is 6.54. The zero-order valence-corrected chi connectivity index (χ0v) is 10.4. The lowest BCUT2D eigenvalue weighted by Crippen LogP contribution is -2.53. The Kier molecular flexibility index (Phi) is 3.66. The Morgan fingerprint density at radius 2 is 1.94 bits per heavy atom. The number of rotatable bonds is 4. The standard InChI is InChI=1S/C12H21N3O2/c1-2-3-4-9-15-10(16)12(14-11(15)17)5-7-13-8-6-12/h13H,2-9H2,1H3,(H,14,17). The average molecular weight is 239 g/mol. The fourth-order valence-electron chi connectivity index (χ4n) is 2.59. The molecule has 2 fully saturated rings. The van der Waals surface area contributed by atoms with Gasteiger partial charge in [-0.1, -0.05) is 19.8 Å². The van der Waals surface area contributed by atoms with Gasteiger partial charge in [0, 0.05) is 6.54 Å². The first-order valence-electron chi connectivity index (χ1n) is 6.54. The number of unbranched alkanes of at least 4 members (excludes halogenated alkanes) is 2. The van der Waals surface area contributed by atoms with Crippen LogP contribution in [-0.4, -0.2) is 42.0 Å². The van der Waals surface area contributed by atoms with Gasteiger partial charge in [0.2, 0.25) is 0 Å². The Morgan fingerprint density at radius 3 is 2.59 bits per heavy atom. The van der Waals surface area contributed by atoms with Gasteiger partial charge in [0.05, 0.1) is 0 Å². The van der Waals surface area contributed by atoms with Crippen LogP contribution in [0.25, 0.3) is 0 Å². The number of imide groups is 1. The number of nitrogens with one attached hydrogen (secondary N) is 2. The molecule has 2 aliphatic rings. The minimum Gasteiger partial charge on any atom is -0.323 e. The molecule has 0 saturated carbocycles. The number of carbonyl (C=O) groups excluding carboxylic acids is 2. The van der Waals surface area contributed by atoms with Crippen molar-refractivity contribution in [3.8, 4) is 0 Å². The Labute approximate surface area is 102 Å². The third-order valence-electron chi connectivity index (χ3n) is 3.69. The third kappa shape index (κ3) is 2.29. The van der Waals surface area contributed by atoms with Gasteiger partial charge in [-0.15, -0.1) is 0 Å². The maximum atomic E-state index is 12.3. The van der Waals surface area contributed by atoms with Crippen LogP contribution in [0.5, 0.6) is 0 Å². The molecule has 0 unspecified atom stereocenters. The van der Waals surface area contributed by atoms with Gasteiger partial charge < -0.3 is 10.6 Å². The lowest BCUT2D eigenvalue weighted by molar-refractivity contribution is -0.132. The van der Waals surface area contributed by atoms with Crippen LogP contribution in [0, 0.1) is 0 Å². The Bertz CT molecular complexity index is 311. The molecule has 17 heavy (non-hydrogen) atoms. The van der Waals surface area contributed by atoms with Crippen molar-refractivity contribution < 1.29 is 9.59 Å². The zero-order valence-electron chi connectivity index (χ0n) is 10.4. The van der Waals surface area contributed by atoms with Crippen molar-refractivity contribution in [2.45, 2.75) is 44.6 Å². The molecular weight excluding hydrogens is 218 g/mol. The summed E-state index contributed by atoms with van der Waals surface area (Å²) < 4.78 is 0. The molecule has 3 amide bonds. The lowest BCUT2D eigenvalue weighted by atomic mass is 9.88. The van der Waals surface area contributed by atoms with E-state index >= 15 is 0 Å². The summed E-state index contributed by atoms with van der Waals surface area (Å²) in [6.07, 6.45) is 4.48. The molecule has 5 heteroatoms. The molecule has 0 radical (unpaired) electrons. The van der Waals surface area contributed by atoms with E-state index in [-0.39, 0.29) is 11.9 Å². The molecule has 2 saturated heterocycles. The second-order valence-corrected chi connectivity index (χ2v) is 4.93. The molecule has 1 spiro atoms. The highest BCUT2D eigenvalue weighted by molar-refractivity contribution is 6.07. The SMILES string of the molecule is CCCCCN1C(=O)NC2(CCNCC2)C1=O. The van der Waals surface area contributed by atoms with Crippen LogP contribution in [-0.2, 0) is 4.79 Å². The first-order chi connectivity index (χ1) is 8.19. The van der Waals surface area contributed by atoms with Crippen molar-refractivity contribution in [1.82, 2.24) is 15.5 Å². The largest absolute Gasteiger partial charge is 0.325 e. The van der Waals surface area contributed by atoms with Crippen LogP contribution in [0.4, 0.5) is 4.79 Å². The van der Waals surface area contributed by atoms with Crippen LogP contribution >= 0.6 is 0 Å². The summed E-state index contributed by atoms with van der Waals surface area (Å²) in [6.45, 7) is 4.28. The molecule has 0 aromatic rings. The van der Waals surface area contributed by atoms with E-state index in [0.29, 0.717) is 19.4 Å². The average Bonchev–Trinajstić information content (AvgIpc) is 2.55. The van der Waals surface area contributed by atoms with E-state index in [1.165, 1.54) is 4.90 Å². The number of urea groups is 1. The monoisotopic (exact) mass is 239 g/mol. The van der Waals surface area contributed by atoms with Crippen LogP contribution in [0.2, 0.25) is 0 Å². The molecule has 0 atom stereocenters. The minimum atomic E-state index is -0.603. The maximum absolute atomic E-state index is 12.3. The highest BCUT2D eigenvalue weighted by Gasteiger charge is 2.50. The van der Waals surface area contributed by atoms with Crippen molar-refractivity contribution in [3.05, 3.63) is 0 Å². The number of carbonyl (C=O) groups is 2. The summed E-state index contributed by atoms with van der Waals surface area (Å²) in [5.74, 6) is -0.0138. The minimum absolute atomic E-state index is 0.0138. The number of nitrogens with zero attached hydrogens (tertiary/aromatic N) is 1. The van der Waals surface area contributed by atoms with Crippen molar-refractivity contribution >= 4 is 11.9 Å². The fraction of sp³-hybridized carbons (Fsp3) is 0.833. The van der Waals surface area contributed by atoms with E-state index in [4.69, 9.17) is 0 Å². The van der Waals surface area contributed by atoms with Crippen molar-refractivity contribution in [2.24, 2.45) is 0 Å². The molecule has 2 heterocycles. The molecule has 5 nitrogen and oxygen atoms in total. The fourth-order valence-corrected chi connectivity index (χ4v) is 2.59. The summed E-state index contributed by atoms with van der Waals surface area (Å²) in [7, 11) is 0. The van der Waals surface area contributed by atoms with E-state index in [1.807, 2.05) is 0 Å². The summed E-state index contributed by atoms with van der Waals surface area (Å²) in [5.41, 5.74) is -0.603. The van der Waals surface area contributed by atoms with E-state index in [2.05, 4.69) is 17.6 Å². The molecule has 2 aliphatic heterocycles. The predicted octanol–water partition coefficient (Wildman–Crippen LogP) is 0.851. The highest BCUT2D eigenvalue weighted by atomic mass is 16.2. The molecule has 0 aliphatic carbocycles. The highest BCUT2D eigenvalue weighted by Crippen LogP contribution is 2.27. The second-order valence-electron chi connectivity index (χ2n) is 4.93. The molecule has 2 rings (SSSR count). The summed E-state index contributed by atoms with van der Waals surface area (Å²) in [4.78, 5) is 25.5. The summed E-state index contributed by atoms with van der Waals surface area (Å²) >= 11 is 0. The molecule has 0 aromatic heterocycles. The van der Waals surface area contributed by atoms with E-state index in [0.717, 1.165) is 32.4 Å². The molecular formula is C12H21N3O2. The molecule has 0 aromatic carbocycles. The van der Waals surface area contributed by atoms with Gasteiger partial charge in [0.15, 0.2) is 0 Å². The van der Waals surface area contributed by atoms with Gasteiger partial charge in [0.25, 0.3) is 5.91 Å².